The van der Waals surface area contributed by atoms with Crippen molar-refractivity contribution in [3.8, 4) is 28.3 Å². The molecule has 272 valence electrons. The van der Waals surface area contributed by atoms with E-state index in [0.29, 0.717) is 67.7 Å². The summed E-state index contributed by atoms with van der Waals surface area (Å²) in [5.74, 6) is -2.19. The molecule has 0 radical (unpaired) electrons. The summed E-state index contributed by atoms with van der Waals surface area (Å²) < 4.78 is 69.1. The minimum Gasteiger partial charge on any atom is -0.442 e. The lowest BCUT2D eigenvalue weighted by Crippen LogP contribution is -2.46. The summed E-state index contributed by atoms with van der Waals surface area (Å²) in [4.78, 5) is 22.5. The van der Waals surface area contributed by atoms with Gasteiger partial charge in [-0.1, -0.05) is 5.21 Å². The molecule has 15 heteroatoms. The van der Waals surface area contributed by atoms with E-state index < -0.39 is 29.6 Å². The van der Waals surface area contributed by atoms with Gasteiger partial charge in [0.05, 0.1) is 54.6 Å². The van der Waals surface area contributed by atoms with Gasteiger partial charge in [-0.15, -0.1) is 5.10 Å². The molecule has 0 unspecified atom stereocenters. The Morgan fingerprint density at radius 2 is 1.60 bits per heavy atom. The molecule has 3 aromatic carbocycles. The van der Waals surface area contributed by atoms with Gasteiger partial charge in [-0.25, -0.2) is 32.0 Å². The molecule has 5 heterocycles. The first-order valence-corrected chi connectivity index (χ1v) is 17.2. The number of carbonyl (C=O) groups excluding carboxylic acids is 1. The van der Waals surface area contributed by atoms with Gasteiger partial charge in [0.25, 0.3) is 0 Å². The third-order valence-electron chi connectivity index (χ3n) is 9.88. The summed E-state index contributed by atoms with van der Waals surface area (Å²) in [7, 11) is 1.86. The van der Waals surface area contributed by atoms with Gasteiger partial charge in [0.15, 0.2) is 0 Å². The SMILES string of the molecule is Cc1c(CN2CCN(c3ccc(N4C[C@H](Cn5cc(-c6cncn6C)nn5)OC4=O)cc3F)CC2)cc(-c2ccc(F)cc2F)n1-c1ccc(F)cc1. The van der Waals surface area contributed by atoms with Crippen molar-refractivity contribution in [2.24, 2.45) is 7.05 Å². The Balaban J connectivity index is 0.922. The number of amides is 1. The van der Waals surface area contributed by atoms with Crippen molar-refractivity contribution in [1.29, 1.82) is 0 Å². The maximum absolute atomic E-state index is 15.6. The Bertz CT molecular complexity index is 2290. The van der Waals surface area contributed by atoms with Crippen LogP contribution in [0.2, 0.25) is 0 Å². The Morgan fingerprint density at radius 1 is 0.849 bits per heavy atom. The Kier molecular flexibility index (Phi) is 8.94. The molecule has 53 heavy (non-hydrogen) atoms. The number of piperazine rings is 1. The number of nitrogens with zero attached hydrogens (tertiary/aromatic N) is 9. The molecule has 3 aromatic heterocycles. The number of cyclic esters (lactones) is 1. The summed E-state index contributed by atoms with van der Waals surface area (Å²) >= 11 is 0. The lowest BCUT2D eigenvalue weighted by molar-refractivity contribution is 0.129. The van der Waals surface area contributed by atoms with E-state index in [1.54, 1.807) is 47.7 Å². The minimum absolute atomic E-state index is 0.231. The third-order valence-corrected chi connectivity index (χ3v) is 9.88. The zero-order valence-electron chi connectivity index (χ0n) is 29.0. The monoisotopic (exact) mass is 725 g/mol. The van der Waals surface area contributed by atoms with Crippen molar-refractivity contribution < 1.29 is 27.1 Å². The number of halogens is 4. The molecule has 2 fully saturated rings. The van der Waals surface area contributed by atoms with E-state index in [-0.39, 0.29) is 17.9 Å². The highest BCUT2D eigenvalue weighted by atomic mass is 19.1. The number of carbonyl (C=O) groups is 1. The van der Waals surface area contributed by atoms with Gasteiger partial charge in [0.2, 0.25) is 0 Å². The summed E-state index contributed by atoms with van der Waals surface area (Å²) in [6, 6.07) is 16.1. The molecular formula is C38H35F4N9O2. The Labute approximate surface area is 302 Å². The van der Waals surface area contributed by atoms with Crippen LogP contribution < -0.4 is 9.80 Å². The summed E-state index contributed by atoms with van der Waals surface area (Å²) in [6.07, 6.45) is 4.07. The highest BCUT2D eigenvalue weighted by molar-refractivity contribution is 5.90. The standard InChI is InChI=1S/C38H35F4N9O2/c1-24-25(15-36(31-9-5-27(40)16-32(31)41)51(24)28-6-3-26(39)4-7-28)19-47-11-13-48(14-12-47)35-10-8-29(17-33(35)42)50-21-30(53-38(50)52)20-49-22-34(44-45-49)37-18-43-23-46(37)2/h3-10,15-18,22-23,30H,11-14,19-21H2,1-2H3/t30-/m0/s1. The van der Waals surface area contributed by atoms with Crippen LogP contribution in [-0.4, -0.2) is 78.9 Å². The maximum Gasteiger partial charge on any atom is 0.414 e. The van der Waals surface area contributed by atoms with Gasteiger partial charge in [-0.2, -0.15) is 0 Å². The normalized spacial score (nSPS) is 16.5. The minimum atomic E-state index is -0.692. The second-order valence-electron chi connectivity index (χ2n) is 13.3. The van der Waals surface area contributed by atoms with E-state index in [9.17, 15) is 13.6 Å². The molecule has 11 nitrogen and oxygen atoms in total. The fourth-order valence-electron chi connectivity index (χ4n) is 7.09. The van der Waals surface area contributed by atoms with Gasteiger partial charge in [-0.3, -0.25) is 9.80 Å². The Morgan fingerprint density at radius 3 is 2.32 bits per heavy atom. The van der Waals surface area contributed by atoms with Crippen molar-refractivity contribution in [3.05, 3.63) is 120 Å². The first kappa shape index (κ1) is 34.1. The quantitative estimate of drug-likeness (QED) is 0.161. The highest BCUT2D eigenvalue weighted by Crippen LogP contribution is 2.33. The second kappa shape index (κ2) is 13.9. The number of anilines is 2. The van der Waals surface area contributed by atoms with Crippen LogP contribution in [0, 0.1) is 30.2 Å². The zero-order chi connectivity index (χ0) is 36.8. The van der Waals surface area contributed by atoms with Crippen LogP contribution >= 0.6 is 0 Å². The van der Waals surface area contributed by atoms with Gasteiger partial charge >= 0.3 is 6.09 Å². The van der Waals surface area contributed by atoms with Crippen molar-refractivity contribution in [2.45, 2.75) is 26.1 Å². The average molecular weight is 726 g/mol. The fourth-order valence-corrected chi connectivity index (χ4v) is 7.09. The van der Waals surface area contributed by atoms with Crippen LogP contribution in [0.3, 0.4) is 0 Å². The second-order valence-corrected chi connectivity index (χ2v) is 13.3. The molecule has 8 rings (SSSR count). The molecule has 0 bridgehead atoms. The number of hydrogen-bond donors (Lipinski definition) is 0. The number of rotatable bonds is 9. The van der Waals surface area contributed by atoms with Crippen molar-refractivity contribution >= 4 is 17.5 Å². The number of imidazole rings is 1. The van der Waals surface area contributed by atoms with E-state index in [4.69, 9.17) is 4.74 Å². The molecule has 1 atom stereocenters. The summed E-state index contributed by atoms with van der Waals surface area (Å²) in [6.45, 7) is 5.36. The van der Waals surface area contributed by atoms with Crippen LogP contribution in [0.1, 0.15) is 11.3 Å². The number of aryl methyl sites for hydroxylation is 1. The molecule has 0 N–H and O–H groups in total. The van der Waals surface area contributed by atoms with Crippen molar-refractivity contribution in [1.82, 2.24) is 34.0 Å². The molecule has 2 saturated heterocycles. The molecule has 2 aliphatic heterocycles. The van der Waals surface area contributed by atoms with Crippen molar-refractivity contribution in [2.75, 3.05) is 42.5 Å². The van der Waals surface area contributed by atoms with Crippen LogP contribution in [0.5, 0.6) is 0 Å². The van der Waals surface area contributed by atoms with Crippen molar-refractivity contribution in [3.63, 3.8) is 0 Å². The maximum atomic E-state index is 15.6. The van der Waals surface area contributed by atoms with E-state index in [1.165, 1.54) is 35.2 Å². The number of ether oxygens (including phenoxy) is 1. The van der Waals surface area contributed by atoms with Crippen LogP contribution in [-0.2, 0) is 24.9 Å². The largest absolute Gasteiger partial charge is 0.442 e. The summed E-state index contributed by atoms with van der Waals surface area (Å²) in [5, 5.41) is 8.35. The highest BCUT2D eigenvalue weighted by Gasteiger charge is 2.34. The average Bonchev–Trinajstić information content (AvgIpc) is 3.93. The molecule has 0 saturated carbocycles. The predicted octanol–water partition coefficient (Wildman–Crippen LogP) is 6.35. The zero-order valence-corrected chi connectivity index (χ0v) is 29.0. The van der Waals surface area contributed by atoms with E-state index in [0.717, 1.165) is 23.0 Å². The smallest absolute Gasteiger partial charge is 0.414 e. The first-order valence-electron chi connectivity index (χ1n) is 17.2. The van der Waals surface area contributed by atoms with E-state index in [1.807, 2.05) is 34.1 Å². The number of hydrogen-bond acceptors (Lipinski definition) is 7. The lowest BCUT2D eigenvalue weighted by atomic mass is 10.1. The lowest BCUT2D eigenvalue weighted by Gasteiger charge is -2.36. The van der Waals surface area contributed by atoms with Crippen LogP contribution in [0.25, 0.3) is 28.3 Å². The fraction of sp³-hybridized carbons (Fsp3) is 0.263. The van der Waals surface area contributed by atoms with E-state index >= 15 is 8.78 Å². The first-order chi connectivity index (χ1) is 25.6. The van der Waals surface area contributed by atoms with Gasteiger partial charge in [0, 0.05) is 62.8 Å². The van der Waals surface area contributed by atoms with Gasteiger partial charge in [-0.05, 0) is 73.2 Å². The number of aromatic nitrogens is 6. The van der Waals surface area contributed by atoms with Crippen LogP contribution in [0.4, 0.5) is 33.7 Å². The van der Waals surface area contributed by atoms with E-state index in [2.05, 4.69) is 20.2 Å². The molecule has 0 aliphatic carbocycles. The topological polar surface area (TPSA) is 89.5 Å². The van der Waals surface area contributed by atoms with Crippen LogP contribution in [0.15, 0.2) is 85.5 Å². The Hall–Kier alpha value is -5.96. The number of benzene rings is 3. The molecular weight excluding hydrogens is 690 g/mol. The van der Waals surface area contributed by atoms with Gasteiger partial charge in [0.1, 0.15) is 35.1 Å². The third kappa shape index (κ3) is 6.75. The molecule has 1 amide bonds. The van der Waals surface area contributed by atoms with Gasteiger partial charge < -0.3 is 18.8 Å². The summed E-state index contributed by atoms with van der Waals surface area (Å²) in [5.41, 5.74) is 5.50. The molecule has 2 aliphatic rings. The molecule has 0 spiro atoms. The molecule has 6 aromatic rings. The predicted molar refractivity (Wildman–Crippen MR) is 190 cm³/mol.